The zero-order chi connectivity index (χ0) is 8.27. The summed E-state index contributed by atoms with van der Waals surface area (Å²) in [5, 5.41) is 0. The van der Waals surface area contributed by atoms with Crippen molar-refractivity contribution in [2.45, 2.75) is 0 Å². The van der Waals surface area contributed by atoms with Crippen LogP contribution in [0, 0.1) is 5.82 Å². The van der Waals surface area contributed by atoms with Gasteiger partial charge in [0.15, 0.2) is 5.83 Å². The van der Waals surface area contributed by atoms with Gasteiger partial charge in [-0.25, -0.2) is 8.78 Å². The summed E-state index contributed by atoms with van der Waals surface area (Å²) in [4.78, 5) is 3.53. The zero-order valence-corrected chi connectivity index (χ0v) is 7.55. The molecule has 0 aliphatic rings. The molecule has 0 atom stereocenters. The first-order valence-electron chi connectivity index (χ1n) is 2.82. The van der Waals surface area contributed by atoms with E-state index in [1.165, 1.54) is 16.2 Å². The van der Waals surface area contributed by atoms with E-state index in [4.69, 9.17) is 0 Å². The molecule has 1 nitrogen and oxygen atoms in total. The van der Waals surface area contributed by atoms with Gasteiger partial charge in [0.25, 0.3) is 0 Å². The fraction of sp³-hybridized carbons (Fsp3) is 0. The molecule has 0 radical (unpaired) electrons. The molecule has 0 unspecified atom stereocenters. The van der Waals surface area contributed by atoms with Gasteiger partial charge in [0.2, 0.25) is 0 Å². The molecule has 0 saturated carbocycles. The smallest absolute Gasteiger partial charge is 0.154 e. The maximum atomic E-state index is 12.7. The van der Waals surface area contributed by atoms with Gasteiger partial charge in [-0.1, -0.05) is 0 Å². The van der Waals surface area contributed by atoms with E-state index in [1.807, 2.05) is 0 Å². The SMILES string of the molecule is F/C(=C/I)c1ccc(F)cn1. The molecule has 0 saturated heterocycles. The maximum absolute atomic E-state index is 12.7. The van der Waals surface area contributed by atoms with Crippen molar-refractivity contribution >= 4 is 28.4 Å². The molecule has 0 spiro atoms. The van der Waals surface area contributed by atoms with Crippen molar-refractivity contribution in [3.63, 3.8) is 0 Å². The van der Waals surface area contributed by atoms with Crippen molar-refractivity contribution in [3.8, 4) is 0 Å². The summed E-state index contributed by atoms with van der Waals surface area (Å²) in [7, 11) is 0. The predicted octanol–water partition coefficient (Wildman–Crippen LogP) is 2.92. The molecular formula is C7H4F2IN. The highest BCUT2D eigenvalue weighted by Crippen LogP contribution is 2.14. The minimum absolute atomic E-state index is 0.154. The van der Waals surface area contributed by atoms with Crippen LogP contribution in [-0.4, -0.2) is 4.98 Å². The first-order chi connectivity index (χ1) is 5.24. The van der Waals surface area contributed by atoms with Gasteiger partial charge in [-0.2, -0.15) is 0 Å². The lowest BCUT2D eigenvalue weighted by Gasteiger charge is -1.93. The van der Waals surface area contributed by atoms with E-state index < -0.39 is 11.6 Å². The Balaban J connectivity index is 2.99. The van der Waals surface area contributed by atoms with E-state index in [9.17, 15) is 8.78 Å². The molecule has 1 aromatic rings. The van der Waals surface area contributed by atoms with E-state index in [2.05, 4.69) is 4.98 Å². The molecule has 1 rings (SSSR count). The van der Waals surface area contributed by atoms with Gasteiger partial charge < -0.3 is 0 Å². The van der Waals surface area contributed by atoms with Crippen LogP contribution in [-0.2, 0) is 0 Å². The second-order valence-corrected chi connectivity index (χ2v) is 2.44. The number of rotatable bonds is 1. The summed E-state index contributed by atoms with van der Waals surface area (Å²) >= 11 is 1.75. The number of aromatic nitrogens is 1. The molecule has 0 aliphatic carbocycles. The fourth-order valence-electron chi connectivity index (χ4n) is 0.573. The Labute approximate surface area is 76.3 Å². The van der Waals surface area contributed by atoms with Crippen molar-refractivity contribution in [3.05, 3.63) is 33.9 Å². The molecule has 4 heteroatoms. The van der Waals surface area contributed by atoms with Gasteiger partial charge >= 0.3 is 0 Å². The van der Waals surface area contributed by atoms with E-state index >= 15 is 0 Å². The summed E-state index contributed by atoms with van der Waals surface area (Å²) in [6.07, 6.45) is 0.981. The Morgan fingerprint density at radius 2 is 2.27 bits per heavy atom. The third kappa shape index (κ3) is 2.21. The molecule has 0 aliphatic heterocycles. The molecule has 0 fully saturated rings. The van der Waals surface area contributed by atoms with Crippen LogP contribution in [0.3, 0.4) is 0 Å². The van der Waals surface area contributed by atoms with Gasteiger partial charge in [0.05, 0.1) is 11.9 Å². The van der Waals surface area contributed by atoms with Gasteiger partial charge in [-0.15, -0.1) is 0 Å². The van der Waals surface area contributed by atoms with Crippen LogP contribution < -0.4 is 0 Å². The monoisotopic (exact) mass is 267 g/mol. The molecular weight excluding hydrogens is 263 g/mol. The van der Waals surface area contributed by atoms with Crippen molar-refractivity contribution in [1.82, 2.24) is 4.98 Å². The Morgan fingerprint density at radius 1 is 1.55 bits per heavy atom. The Bertz CT molecular complexity index is 268. The molecule has 58 valence electrons. The highest BCUT2D eigenvalue weighted by atomic mass is 127. The number of pyridine rings is 1. The number of hydrogen-bond donors (Lipinski definition) is 0. The predicted molar refractivity (Wildman–Crippen MR) is 47.3 cm³/mol. The molecule has 1 aromatic heterocycles. The van der Waals surface area contributed by atoms with Crippen LogP contribution in [0.15, 0.2) is 22.4 Å². The largest absolute Gasteiger partial charge is 0.251 e. The van der Waals surface area contributed by atoms with Crippen LogP contribution in [0.4, 0.5) is 8.78 Å². The molecule has 0 bridgehead atoms. The van der Waals surface area contributed by atoms with E-state index in [0.717, 1.165) is 6.20 Å². The Morgan fingerprint density at radius 3 is 2.73 bits per heavy atom. The standard InChI is InChI=1S/C7H4F2IN/c8-5-1-2-7(11-4-5)6(9)3-10/h1-4H/b6-3+. The zero-order valence-electron chi connectivity index (χ0n) is 5.39. The molecule has 0 aromatic carbocycles. The van der Waals surface area contributed by atoms with Crippen LogP contribution in [0.5, 0.6) is 0 Å². The van der Waals surface area contributed by atoms with Crippen molar-refractivity contribution in [2.24, 2.45) is 0 Å². The highest BCUT2D eigenvalue weighted by Gasteiger charge is 1.99. The normalized spacial score (nSPS) is 11.7. The van der Waals surface area contributed by atoms with Gasteiger partial charge in [-0.05, 0) is 34.7 Å². The Hall–Kier alpha value is -0.520. The van der Waals surface area contributed by atoms with Gasteiger partial charge in [-0.3, -0.25) is 4.98 Å². The summed E-state index contributed by atoms with van der Waals surface area (Å²) in [5.41, 5.74) is 0.154. The maximum Gasteiger partial charge on any atom is 0.154 e. The third-order valence-electron chi connectivity index (χ3n) is 1.07. The minimum atomic E-state index is -0.463. The lowest BCUT2D eigenvalue weighted by atomic mass is 10.3. The van der Waals surface area contributed by atoms with Crippen LogP contribution in [0.25, 0.3) is 5.83 Å². The van der Waals surface area contributed by atoms with Crippen LogP contribution in [0.1, 0.15) is 5.69 Å². The van der Waals surface area contributed by atoms with E-state index in [1.54, 1.807) is 22.6 Å². The quantitative estimate of drug-likeness (QED) is 0.713. The average Bonchev–Trinajstić information content (AvgIpc) is 2.05. The lowest BCUT2D eigenvalue weighted by molar-refractivity contribution is 0.620. The Kier molecular flexibility index (Phi) is 2.92. The van der Waals surface area contributed by atoms with Crippen molar-refractivity contribution < 1.29 is 8.78 Å². The third-order valence-corrected chi connectivity index (χ3v) is 1.61. The van der Waals surface area contributed by atoms with E-state index in [-0.39, 0.29) is 5.69 Å². The first kappa shape index (κ1) is 8.58. The van der Waals surface area contributed by atoms with E-state index in [0.29, 0.717) is 0 Å². The van der Waals surface area contributed by atoms with Crippen LogP contribution in [0.2, 0.25) is 0 Å². The second-order valence-electron chi connectivity index (χ2n) is 1.82. The summed E-state index contributed by atoms with van der Waals surface area (Å²) in [5.74, 6) is -0.916. The number of hydrogen-bond acceptors (Lipinski definition) is 1. The average molecular weight is 267 g/mol. The number of nitrogens with zero attached hydrogens (tertiary/aromatic N) is 1. The minimum Gasteiger partial charge on any atom is -0.251 e. The summed E-state index contributed by atoms with van der Waals surface area (Å²) < 4.78 is 26.2. The molecule has 11 heavy (non-hydrogen) atoms. The summed E-state index contributed by atoms with van der Waals surface area (Å²) in [6.45, 7) is 0. The lowest BCUT2D eigenvalue weighted by Crippen LogP contribution is -1.84. The number of halogens is 3. The molecule has 0 amide bonds. The van der Waals surface area contributed by atoms with Crippen LogP contribution >= 0.6 is 22.6 Å². The second kappa shape index (κ2) is 3.75. The first-order valence-corrected chi connectivity index (χ1v) is 4.06. The van der Waals surface area contributed by atoms with Crippen molar-refractivity contribution in [1.29, 1.82) is 0 Å². The topological polar surface area (TPSA) is 12.9 Å². The molecule has 1 heterocycles. The van der Waals surface area contributed by atoms with Gasteiger partial charge in [0, 0.05) is 4.08 Å². The van der Waals surface area contributed by atoms with Crippen molar-refractivity contribution in [2.75, 3.05) is 0 Å². The fourth-order valence-corrected chi connectivity index (χ4v) is 0.892. The highest BCUT2D eigenvalue weighted by molar-refractivity contribution is 14.1. The van der Waals surface area contributed by atoms with Gasteiger partial charge in [0.1, 0.15) is 5.82 Å². The summed E-state index contributed by atoms with van der Waals surface area (Å²) in [6, 6.07) is 2.46. The molecule has 0 N–H and O–H groups in total.